The van der Waals surface area contributed by atoms with E-state index in [-0.39, 0.29) is 5.91 Å². The summed E-state index contributed by atoms with van der Waals surface area (Å²) in [6.45, 7) is 4.04. The molecular formula is C18H18N2O. The minimum absolute atomic E-state index is 0.00621. The number of aromatic nitrogens is 1. The van der Waals surface area contributed by atoms with Gasteiger partial charge >= 0.3 is 0 Å². The Labute approximate surface area is 124 Å². The number of rotatable bonds is 3. The predicted molar refractivity (Wildman–Crippen MR) is 86.5 cm³/mol. The fourth-order valence-corrected chi connectivity index (χ4v) is 2.57. The number of hydrogen-bond acceptors (Lipinski definition) is 1. The zero-order valence-electron chi connectivity index (χ0n) is 12.2. The molecule has 0 aliphatic carbocycles. The van der Waals surface area contributed by atoms with Crippen molar-refractivity contribution in [2.45, 2.75) is 20.3 Å². The normalized spacial score (nSPS) is 10.8. The summed E-state index contributed by atoms with van der Waals surface area (Å²) in [6, 6.07) is 15.9. The molecule has 3 rings (SSSR count). The van der Waals surface area contributed by atoms with Crippen LogP contribution >= 0.6 is 0 Å². The first-order chi connectivity index (χ1) is 10.1. The summed E-state index contributed by atoms with van der Waals surface area (Å²) in [5, 5.41) is 4.07. The maximum atomic E-state index is 12.2. The van der Waals surface area contributed by atoms with Crippen molar-refractivity contribution in [1.82, 2.24) is 4.98 Å². The van der Waals surface area contributed by atoms with Crippen molar-refractivity contribution < 1.29 is 4.79 Å². The van der Waals surface area contributed by atoms with Crippen LogP contribution in [0.1, 0.15) is 16.8 Å². The number of H-pyrrole nitrogens is 1. The summed E-state index contributed by atoms with van der Waals surface area (Å²) in [4.78, 5) is 15.6. The van der Waals surface area contributed by atoms with Crippen LogP contribution in [0.25, 0.3) is 10.9 Å². The average Bonchev–Trinajstić information content (AvgIpc) is 2.78. The molecule has 0 atom stereocenters. The molecule has 0 saturated heterocycles. The number of hydrogen-bond donors (Lipinski definition) is 2. The molecule has 0 saturated carbocycles. The molecule has 0 bridgehead atoms. The van der Waals surface area contributed by atoms with Gasteiger partial charge in [0.1, 0.15) is 0 Å². The number of aryl methyl sites for hydroxylation is 2. The van der Waals surface area contributed by atoms with Gasteiger partial charge in [0.2, 0.25) is 5.91 Å². The molecule has 21 heavy (non-hydrogen) atoms. The monoisotopic (exact) mass is 278 g/mol. The third-order valence-electron chi connectivity index (χ3n) is 3.70. The number of para-hydroxylation sites is 1. The Morgan fingerprint density at radius 2 is 1.76 bits per heavy atom. The molecule has 1 amide bonds. The number of nitrogens with one attached hydrogen (secondary N) is 2. The smallest absolute Gasteiger partial charge is 0.228 e. The summed E-state index contributed by atoms with van der Waals surface area (Å²) >= 11 is 0. The minimum Gasteiger partial charge on any atom is -0.358 e. The van der Waals surface area contributed by atoms with Gasteiger partial charge in [0.15, 0.2) is 0 Å². The van der Waals surface area contributed by atoms with E-state index in [2.05, 4.69) is 10.3 Å². The van der Waals surface area contributed by atoms with Crippen LogP contribution in [0.3, 0.4) is 0 Å². The largest absolute Gasteiger partial charge is 0.358 e. The van der Waals surface area contributed by atoms with E-state index >= 15 is 0 Å². The van der Waals surface area contributed by atoms with Gasteiger partial charge in [-0.25, -0.2) is 0 Å². The molecule has 2 aromatic carbocycles. The van der Waals surface area contributed by atoms with E-state index in [0.717, 1.165) is 27.8 Å². The molecule has 0 fully saturated rings. The molecule has 1 aromatic heterocycles. The second-order valence-corrected chi connectivity index (χ2v) is 5.37. The van der Waals surface area contributed by atoms with Crippen LogP contribution in [0.5, 0.6) is 0 Å². The van der Waals surface area contributed by atoms with E-state index in [4.69, 9.17) is 0 Å². The number of aromatic amines is 1. The number of benzene rings is 2. The molecule has 3 heteroatoms. The molecule has 3 nitrogen and oxygen atoms in total. The predicted octanol–water partition coefficient (Wildman–Crippen LogP) is 3.97. The van der Waals surface area contributed by atoms with Gasteiger partial charge in [-0.05, 0) is 37.6 Å². The van der Waals surface area contributed by atoms with Gasteiger partial charge in [0.05, 0.1) is 6.42 Å². The lowest BCUT2D eigenvalue weighted by molar-refractivity contribution is -0.115. The number of carbonyl (C=O) groups excluding carboxylic acids is 1. The van der Waals surface area contributed by atoms with Crippen molar-refractivity contribution in [2.24, 2.45) is 0 Å². The second kappa shape index (κ2) is 5.44. The first-order valence-corrected chi connectivity index (χ1v) is 7.06. The molecule has 1 heterocycles. The van der Waals surface area contributed by atoms with E-state index in [1.165, 1.54) is 5.56 Å². The van der Waals surface area contributed by atoms with Crippen molar-refractivity contribution in [2.75, 3.05) is 5.32 Å². The molecule has 0 unspecified atom stereocenters. The Morgan fingerprint density at radius 3 is 2.52 bits per heavy atom. The number of fused-ring (bicyclic) bond motifs is 1. The first-order valence-electron chi connectivity index (χ1n) is 7.06. The summed E-state index contributed by atoms with van der Waals surface area (Å²) in [7, 11) is 0. The Balaban J connectivity index is 1.80. The van der Waals surface area contributed by atoms with Crippen LogP contribution in [-0.4, -0.2) is 10.9 Å². The van der Waals surface area contributed by atoms with Crippen molar-refractivity contribution in [1.29, 1.82) is 0 Å². The standard InChI is InChI=1S/C18H18N2O/c1-12-7-9-14(10-8-12)20-18(21)11-16-13(2)19-17-6-4-3-5-15(16)17/h3-10,19H,11H2,1-2H3,(H,20,21). The molecule has 0 aliphatic rings. The number of anilines is 1. The summed E-state index contributed by atoms with van der Waals surface area (Å²) in [6.07, 6.45) is 0.379. The molecule has 0 aliphatic heterocycles. The average molecular weight is 278 g/mol. The zero-order valence-corrected chi connectivity index (χ0v) is 12.2. The van der Waals surface area contributed by atoms with Crippen LogP contribution in [0.4, 0.5) is 5.69 Å². The lowest BCUT2D eigenvalue weighted by Gasteiger charge is -2.06. The molecule has 3 aromatic rings. The van der Waals surface area contributed by atoms with Crippen molar-refractivity contribution >= 4 is 22.5 Å². The Kier molecular flexibility index (Phi) is 3.48. The quantitative estimate of drug-likeness (QED) is 0.748. The van der Waals surface area contributed by atoms with Gasteiger partial charge in [-0.1, -0.05) is 35.9 Å². The maximum Gasteiger partial charge on any atom is 0.228 e. The van der Waals surface area contributed by atoms with Crippen LogP contribution in [0, 0.1) is 13.8 Å². The number of amides is 1. The van der Waals surface area contributed by atoms with Crippen LogP contribution in [0.15, 0.2) is 48.5 Å². The third kappa shape index (κ3) is 2.82. The van der Waals surface area contributed by atoms with Crippen molar-refractivity contribution in [3.8, 4) is 0 Å². The van der Waals surface area contributed by atoms with Crippen molar-refractivity contribution in [3.05, 3.63) is 65.4 Å². The number of carbonyl (C=O) groups is 1. The second-order valence-electron chi connectivity index (χ2n) is 5.37. The van der Waals surface area contributed by atoms with E-state index in [0.29, 0.717) is 6.42 Å². The highest BCUT2D eigenvalue weighted by Gasteiger charge is 2.12. The topological polar surface area (TPSA) is 44.9 Å². The highest BCUT2D eigenvalue weighted by Crippen LogP contribution is 2.22. The molecule has 2 N–H and O–H groups in total. The zero-order chi connectivity index (χ0) is 14.8. The highest BCUT2D eigenvalue weighted by atomic mass is 16.1. The van der Waals surface area contributed by atoms with Crippen LogP contribution in [-0.2, 0) is 11.2 Å². The van der Waals surface area contributed by atoms with Gasteiger partial charge in [-0.3, -0.25) is 4.79 Å². The van der Waals surface area contributed by atoms with Crippen molar-refractivity contribution in [3.63, 3.8) is 0 Å². The maximum absolute atomic E-state index is 12.2. The van der Waals surface area contributed by atoms with Crippen LogP contribution < -0.4 is 5.32 Å². The van der Waals surface area contributed by atoms with Crippen LogP contribution in [0.2, 0.25) is 0 Å². The summed E-state index contributed by atoms with van der Waals surface area (Å²) in [5.74, 6) is 0.00621. The van der Waals surface area contributed by atoms with E-state index in [9.17, 15) is 4.79 Å². The lowest BCUT2D eigenvalue weighted by atomic mass is 10.1. The fourth-order valence-electron chi connectivity index (χ4n) is 2.57. The molecular weight excluding hydrogens is 260 g/mol. The Morgan fingerprint density at radius 1 is 1.05 bits per heavy atom. The highest BCUT2D eigenvalue weighted by molar-refractivity contribution is 5.96. The lowest BCUT2D eigenvalue weighted by Crippen LogP contribution is -2.14. The SMILES string of the molecule is Cc1ccc(NC(=O)Cc2c(C)[nH]c3ccccc23)cc1. The molecule has 0 radical (unpaired) electrons. The molecule has 106 valence electrons. The summed E-state index contributed by atoms with van der Waals surface area (Å²) < 4.78 is 0. The third-order valence-corrected chi connectivity index (χ3v) is 3.70. The first kappa shape index (κ1) is 13.4. The van der Waals surface area contributed by atoms with E-state index < -0.39 is 0 Å². The minimum atomic E-state index is 0.00621. The Bertz CT molecular complexity index is 785. The van der Waals surface area contributed by atoms with Gasteiger partial charge in [0, 0.05) is 22.3 Å². The van der Waals surface area contributed by atoms with Gasteiger partial charge in [-0.2, -0.15) is 0 Å². The van der Waals surface area contributed by atoms with Gasteiger partial charge in [0.25, 0.3) is 0 Å². The van der Waals surface area contributed by atoms with E-state index in [1.807, 2.05) is 62.4 Å². The Hall–Kier alpha value is -2.55. The summed E-state index contributed by atoms with van der Waals surface area (Å²) in [5.41, 5.74) is 5.21. The van der Waals surface area contributed by atoms with Gasteiger partial charge in [-0.15, -0.1) is 0 Å². The van der Waals surface area contributed by atoms with E-state index in [1.54, 1.807) is 0 Å². The van der Waals surface area contributed by atoms with Gasteiger partial charge < -0.3 is 10.3 Å². The fraction of sp³-hybridized carbons (Fsp3) is 0.167. The molecule has 0 spiro atoms.